The zero-order valence-electron chi connectivity index (χ0n) is 13.6. The number of benzene rings is 1. The Hall–Kier alpha value is -1.81. The Bertz CT molecular complexity index is 747. The molecule has 1 aliphatic rings. The van der Waals surface area contributed by atoms with Gasteiger partial charge in [-0.1, -0.05) is 12.1 Å². The molecule has 10 heteroatoms. The number of alkyl halides is 2. The van der Waals surface area contributed by atoms with Crippen molar-refractivity contribution < 1.29 is 23.0 Å². The lowest BCUT2D eigenvalue weighted by Gasteiger charge is -2.11. The molecular formula is C16H18ClF2N3O3S. The first-order valence-corrected chi connectivity index (χ1v) is 8.61. The van der Waals surface area contributed by atoms with Crippen LogP contribution in [-0.4, -0.2) is 36.3 Å². The molecule has 0 radical (unpaired) electrons. The first-order chi connectivity index (χ1) is 12.1. The van der Waals surface area contributed by atoms with Crippen molar-refractivity contribution in [3.63, 3.8) is 0 Å². The van der Waals surface area contributed by atoms with E-state index in [-0.39, 0.29) is 30.2 Å². The molecule has 3 N–H and O–H groups in total. The van der Waals surface area contributed by atoms with Crippen molar-refractivity contribution >= 4 is 34.8 Å². The maximum Gasteiger partial charge on any atom is 0.387 e. The molecule has 0 saturated carbocycles. The number of nitrogens with two attached hydrogens (primary N) is 1. The highest BCUT2D eigenvalue weighted by Crippen LogP contribution is 2.33. The van der Waals surface area contributed by atoms with Gasteiger partial charge in [-0.05, 0) is 25.0 Å². The van der Waals surface area contributed by atoms with Crippen molar-refractivity contribution in [1.82, 2.24) is 4.98 Å². The van der Waals surface area contributed by atoms with Crippen LogP contribution in [0.5, 0.6) is 5.75 Å². The molecule has 142 valence electrons. The molecule has 6 nitrogen and oxygen atoms in total. The Balaban J connectivity index is 0.00000243. The third-order valence-electron chi connectivity index (χ3n) is 3.78. The van der Waals surface area contributed by atoms with Gasteiger partial charge in [0.05, 0.1) is 11.8 Å². The van der Waals surface area contributed by atoms with Gasteiger partial charge in [-0.25, -0.2) is 4.98 Å². The summed E-state index contributed by atoms with van der Waals surface area (Å²) in [7, 11) is 0. The van der Waals surface area contributed by atoms with Crippen LogP contribution < -0.4 is 15.8 Å². The van der Waals surface area contributed by atoms with Gasteiger partial charge >= 0.3 is 6.61 Å². The van der Waals surface area contributed by atoms with Crippen molar-refractivity contribution in [3.05, 3.63) is 29.6 Å². The molecule has 0 spiro atoms. The second-order valence-corrected chi connectivity index (χ2v) is 6.32. The van der Waals surface area contributed by atoms with E-state index in [1.54, 1.807) is 23.6 Å². The summed E-state index contributed by atoms with van der Waals surface area (Å²) in [6.45, 7) is -2.54. The molecule has 1 amide bonds. The van der Waals surface area contributed by atoms with Gasteiger partial charge < -0.3 is 15.2 Å². The fraction of sp³-hybridized carbons (Fsp3) is 0.375. The van der Waals surface area contributed by atoms with E-state index in [9.17, 15) is 13.6 Å². The minimum absolute atomic E-state index is 0. The summed E-state index contributed by atoms with van der Waals surface area (Å²) in [5, 5.41) is 4.73. The average molecular weight is 406 g/mol. The van der Waals surface area contributed by atoms with Crippen molar-refractivity contribution in [3.8, 4) is 17.0 Å². The number of rotatable bonds is 6. The number of nitrogens with zero attached hydrogens (tertiary/aromatic N) is 1. The highest BCUT2D eigenvalue weighted by atomic mass is 35.5. The maximum absolute atomic E-state index is 12.5. The predicted octanol–water partition coefficient (Wildman–Crippen LogP) is 3.28. The molecule has 0 bridgehead atoms. The molecule has 2 heterocycles. The number of hydrogen-bond acceptors (Lipinski definition) is 6. The number of para-hydroxylation sites is 1. The van der Waals surface area contributed by atoms with Gasteiger partial charge in [0.15, 0.2) is 5.13 Å². The second-order valence-electron chi connectivity index (χ2n) is 5.46. The molecular weight excluding hydrogens is 388 g/mol. The molecule has 0 aliphatic carbocycles. The molecule has 0 unspecified atom stereocenters. The fourth-order valence-corrected chi connectivity index (χ4v) is 3.30. The summed E-state index contributed by atoms with van der Waals surface area (Å²) >= 11 is 1.20. The van der Waals surface area contributed by atoms with Crippen LogP contribution in [0, 0.1) is 0 Å². The molecule has 3 rings (SSSR count). The summed E-state index contributed by atoms with van der Waals surface area (Å²) in [5.41, 5.74) is 6.41. The lowest BCUT2D eigenvalue weighted by molar-refractivity contribution is -0.126. The normalized spacial score (nSPS) is 19.2. The van der Waals surface area contributed by atoms with Gasteiger partial charge in [0.1, 0.15) is 11.9 Å². The van der Waals surface area contributed by atoms with Crippen LogP contribution in [0.4, 0.5) is 13.9 Å². The van der Waals surface area contributed by atoms with E-state index in [0.717, 1.165) is 6.42 Å². The highest BCUT2D eigenvalue weighted by Gasteiger charge is 2.30. The van der Waals surface area contributed by atoms with Crippen molar-refractivity contribution in [2.75, 3.05) is 11.9 Å². The van der Waals surface area contributed by atoms with Crippen LogP contribution >= 0.6 is 23.7 Å². The Morgan fingerprint density at radius 2 is 2.19 bits per heavy atom. The van der Waals surface area contributed by atoms with Gasteiger partial charge in [0, 0.05) is 17.5 Å². The predicted molar refractivity (Wildman–Crippen MR) is 97.0 cm³/mol. The number of hydrogen-bond donors (Lipinski definition) is 2. The Morgan fingerprint density at radius 3 is 2.88 bits per heavy atom. The minimum Gasteiger partial charge on any atom is -0.434 e. The minimum atomic E-state index is -2.92. The number of halogens is 3. The molecule has 26 heavy (non-hydrogen) atoms. The SMILES string of the molecule is Cl.NC[C@H]1CC[C@@H](C(=O)Nc2nc(-c3ccccc3OC(F)F)cs2)O1. The third-order valence-corrected chi connectivity index (χ3v) is 4.53. The van der Waals surface area contributed by atoms with E-state index < -0.39 is 12.7 Å². The summed E-state index contributed by atoms with van der Waals surface area (Å²) in [6, 6.07) is 6.37. The third kappa shape index (κ3) is 4.88. The van der Waals surface area contributed by atoms with E-state index in [4.69, 9.17) is 10.5 Å². The molecule has 1 saturated heterocycles. The molecule has 1 aliphatic heterocycles. The molecule has 1 aromatic carbocycles. The summed E-state index contributed by atoms with van der Waals surface area (Å²) in [6.07, 6.45) is 0.712. The number of thiazole rings is 1. The van der Waals surface area contributed by atoms with Crippen LogP contribution in [0.2, 0.25) is 0 Å². The number of carbonyl (C=O) groups excluding carboxylic acids is 1. The van der Waals surface area contributed by atoms with Gasteiger partial charge in [-0.15, -0.1) is 23.7 Å². The zero-order valence-corrected chi connectivity index (χ0v) is 15.2. The zero-order chi connectivity index (χ0) is 17.8. The standard InChI is InChI=1S/C16H17F2N3O3S.ClH/c17-15(18)24-12-4-2-1-3-10(12)11-8-25-16(20-11)21-14(22)13-6-5-9(7-19)23-13;/h1-4,8-9,13,15H,5-7,19H2,(H,20,21,22);1H/t9-,13+;/m1./s1. The van der Waals surface area contributed by atoms with Crippen LogP contribution in [0.25, 0.3) is 11.3 Å². The Morgan fingerprint density at radius 1 is 1.42 bits per heavy atom. The number of ether oxygens (including phenoxy) is 2. The van der Waals surface area contributed by atoms with E-state index in [2.05, 4.69) is 15.0 Å². The van der Waals surface area contributed by atoms with Crippen LogP contribution in [0.1, 0.15) is 12.8 Å². The lowest BCUT2D eigenvalue weighted by atomic mass is 10.1. The highest BCUT2D eigenvalue weighted by molar-refractivity contribution is 7.14. The Kier molecular flexibility index (Phi) is 7.27. The van der Waals surface area contributed by atoms with Gasteiger partial charge in [-0.2, -0.15) is 8.78 Å². The topological polar surface area (TPSA) is 86.5 Å². The molecule has 2 aromatic rings. The average Bonchev–Trinajstić information content (AvgIpc) is 3.24. The summed E-state index contributed by atoms with van der Waals surface area (Å²) < 4.78 is 35.1. The summed E-state index contributed by atoms with van der Waals surface area (Å²) in [5.74, 6) is -0.250. The monoisotopic (exact) mass is 405 g/mol. The first-order valence-electron chi connectivity index (χ1n) is 7.73. The van der Waals surface area contributed by atoms with Crippen molar-refractivity contribution in [2.24, 2.45) is 5.73 Å². The van der Waals surface area contributed by atoms with E-state index in [1.807, 2.05) is 0 Å². The smallest absolute Gasteiger partial charge is 0.387 e. The van der Waals surface area contributed by atoms with Crippen molar-refractivity contribution in [1.29, 1.82) is 0 Å². The first kappa shape index (κ1) is 20.5. The van der Waals surface area contributed by atoms with E-state index in [1.165, 1.54) is 17.4 Å². The van der Waals surface area contributed by atoms with Crippen molar-refractivity contribution in [2.45, 2.75) is 31.7 Å². The van der Waals surface area contributed by atoms with Gasteiger partial charge in [0.25, 0.3) is 5.91 Å². The maximum atomic E-state index is 12.5. The number of nitrogens with one attached hydrogen (secondary N) is 1. The number of aromatic nitrogens is 1. The van der Waals surface area contributed by atoms with E-state index >= 15 is 0 Å². The van der Waals surface area contributed by atoms with Gasteiger partial charge in [0.2, 0.25) is 0 Å². The quantitative estimate of drug-likeness (QED) is 0.770. The van der Waals surface area contributed by atoms with Crippen LogP contribution in [0.15, 0.2) is 29.6 Å². The van der Waals surface area contributed by atoms with Gasteiger partial charge in [-0.3, -0.25) is 10.1 Å². The molecule has 1 fully saturated rings. The largest absolute Gasteiger partial charge is 0.434 e. The second kappa shape index (κ2) is 9.22. The fourth-order valence-electron chi connectivity index (χ4n) is 2.59. The lowest BCUT2D eigenvalue weighted by Crippen LogP contribution is -2.29. The number of anilines is 1. The molecule has 2 atom stereocenters. The number of carbonyl (C=O) groups is 1. The summed E-state index contributed by atoms with van der Waals surface area (Å²) in [4.78, 5) is 16.5. The van der Waals surface area contributed by atoms with Crippen LogP contribution in [0.3, 0.4) is 0 Å². The Labute approximate surface area is 159 Å². The number of amides is 1. The molecule has 1 aromatic heterocycles. The van der Waals surface area contributed by atoms with E-state index in [0.29, 0.717) is 29.4 Å². The van der Waals surface area contributed by atoms with Crippen LogP contribution in [-0.2, 0) is 9.53 Å².